The minimum Gasteiger partial charge on any atom is -0.373 e. The van der Waals surface area contributed by atoms with Crippen LogP contribution in [0, 0.1) is 23.7 Å². The molecule has 2 fully saturated rings. The van der Waals surface area contributed by atoms with Crippen LogP contribution >= 0.6 is 0 Å². The fourth-order valence-electron chi connectivity index (χ4n) is 4.10. The van der Waals surface area contributed by atoms with Crippen molar-refractivity contribution in [1.82, 2.24) is 0 Å². The largest absolute Gasteiger partial charge is 0.373 e. The Hall–Kier alpha value is -0.120. The third-order valence-electron chi connectivity index (χ3n) is 5.79. The van der Waals surface area contributed by atoms with E-state index < -0.39 is 0 Å². The smallest absolute Gasteiger partial charge is 0.160 e. The second-order valence-corrected chi connectivity index (χ2v) is 9.52. The maximum atomic E-state index is 6.22. The molecule has 0 aromatic carbocycles. The highest BCUT2D eigenvalue weighted by molar-refractivity contribution is 4.91. The van der Waals surface area contributed by atoms with Gasteiger partial charge in [0.2, 0.25) is 0 Å². The third-order valence-corrected chi connectivity index (χ3v) is 5.79. The van der Waals surface area contributed by atoms with Gasteiger partial charge in [-0.25, -0.2) is 0 Å². The molecule has 1 saturated carbocycles. The van der Waals surface area contributed by atoms with Gasteiger partial charge in [0.1, 0.15) is 0 Å². The molecule has 142 valence electrons. The summed E-state index contributed by atoms with van der Waals surface area (Å²) in [5, 5.41) is 0. The van der Waals surface area contributed by atoms with E-state index in [9.17, 15) is 0 Å². The Morgan fingerprint density at radius 1 is 1.04 bits per heavy atom. The van der Waals surface area contributed by atoms with E-state index in [1.54, 1.807) is 0 Å². The van der Waals surface area contributed by atoms with Crippen LogP contribution in [-0.4, -0.2) is 30.2 Å². The van der Waals surface area contributed by atoms with Gasteiger partial charge < -0.3 is 14.2 Å². The van der Waals surface area contributed by atoms with Crippen molar-refractivity contribution in [3.8, 4) is 0 Å². The van der Waals surface area contributed by atoms with Crippen LogP contribution in [0.4, 0.5) is 0 Å². The first-order chi connectivity index (χ1) is 11.1. The average Bonchev–Trinajstić information content (AvgIpc) is 3.20. The lowest BCUT2D eigenvalue weighted by Gasteiger charge is -2.38. The molecule has 1 aliphatic heterocycles. The van der Waals surface area contributed by atoms with Crippen molar-refractivity contribution in [2.75, 3.05) is 0 Å². The minimum atomic E-state index is -0.0365. The Morgan fingerprint density at radius 3 is 2.33 bits per heavy atom. The zero-order valence-electron chi connectivity index (χ0n) is 17.2. The maximum Gasteiger partial charge on any atom is 0.160 e. The Bertz CT molecular complexity index is 389. The molecule has 2 aliphatic rings. The molecule has 8 atom stereocenters. The average molecular weight is 341 g/mol. The van der Waals surface area contributed by atoms with Gasteiger partial charge in [0.15, 0.2) is 6.29 Å². The molecule has 0 aromatic rings. The summed E-state index contributed by atoms with van der Waals surface area (Å²) < 4.78 is 18.4. The summed E-state index contributed by atoms with van der Waals surface area (Å²) in [6.07, 6.45) is 5.82. The molecule has 24 heavy (non-hydrogen) atoms. The lowest BCUT2D eigenvalue weighted by molar-refractivity contribution is -0.244. The van der Waals surface area contributed by atoms with E-state index >= 15 is 0 Å². The standard InChI is InChI=1S/C21H40O3/c1-13-11-14(2)20(23-16(13)4)22-15(3)9-10-18-12-19(18)17(5)24-21(6,7)8/h13-20H,9-12H2,1-8H3/t13-,14-,15-,16+,17?,18?,19?,20?/m1/s1. The number of hydrogen-bond acceptors (Lipinski definition) is 3. The molecule has 3 heteroatoms. The van der Waals surface area contributed by atoms with Gasteiger partial charge in [-0.05, 0) is 85.0 Å². The van der Waals surface area contributed by atoms with Crippen molar-refractivity contribution in [3.05, 3.63) is 0 Å². The second kappa shape index (κ2) is 8.05. The van der Waals surface area contributed by atoms with Crippen LogP contribution in [0.3, 0.4) is 0 Å². The lowest BCUT2D eigenvalue weighted by Crippen LogP contribution is -2.40. The molecule has 2 rings (SSSR count). The van der Waals surface area contributed by atoms with Crippen molar-refractivity contribution < 1.29 is 14.2 Å². The molecular weight excluding hydrogens is 300 g/mol. The molecule has 3 nitrogen and oxygen atoms in total. The summed E-state index contributed by atoms with van der Waals surface area (Å²) in [6.45, 7) is 17.6. The number of ether oxygens (including phenoxy) is 3. The molecule has 4 unspecified atom stereocenters. The maximum absolute atomic E-state index is 6.22. The van der Waals surface area contributed by atoms with Crippen LogP contribution in [-0.2, 0) is 14.2 Å². The van der Waals surface area contributed by atoms with Gasteiger partial charge in [-0.3, -0.25) is 0 Å². The number of rotatable bonds is 7. The van der Waals surface area contributed by atoms with Gasteiger partial charge in [-0.15, -0.1) is 0 Å². The summed E-state index contributed by atoms with van der Waals surface area (Å²) in [5.74, 6) is 2.68. The summed E-state index contributed by atoms with van der Waals surface area (Å²) >= 11 is 0. The highest BCUT2D eigenvalue weighted by Crippen LogP contribution is 2.46. The first kappa shape index (κ1) is 20.2. The Labute approximate surface area is 149 Å². The Morgan fingerprint density at radius 2 is 1.71 bits per heavy atom. The molecule has 0 radical (unpaired) electrons. The van der Waals surface area contributed by atoms with E-state index in [0.29, 0.717) is 24.0 Å². The van der Waals surface area contributed by atoms with Crippen LogP contribution in [0.1, 0.15) is 81.1 Å². The third kappa shape index (κ3) is 6.00. The summed E-state index contributed by atoms with van der Waals surface area (Å²) in [6, 6.07) is 0. The van der Waals surface area contributed by atoms with Crippen LogP contribution in [0.15, 0.2) is 0 Å². The molecule has 1 aliphatic carbocycles. The van der Waals surface area contributed by atoms with Crippen molar-refractivity contribution in [2.24, 2.45) is 23.7 Å². The van der Waals surface area contributed by atoms with E-state index in [1.165, 1.54) is 19.3 Å². The summed E-state index contributed by atoms with van der Waals surface area (Å²) in [4.78, 5) is 0. The van der Waals surface area contributed by atoms with Gasteiger partial charge in [0.05, 0.1) is 23.9 Å². The fraction of sp³-hybridized carbons (Fsp3) is 1.00. The second-order valence-electron chi connectivity index (χ2n) is 9.52. The predicted molar refractivity (Wildman–Crippen MR) is 99.0 cm³/mol. The highest BCUT2D eigenvalue weighted by atomic mass is 16.7. The summed E-state index contributed by atoms with van der Waals surface area (Å²) in [5.41, 5.74) is -0.0365. The predicted octanol–water partition coefficient (Wildman–Crippen LogP) is 5.42. The number of hydrogen-bond donors (Lipinski definition) is 0. The molecule has 0 spiro atoms. The van der Waals surface area contributed by atoms with Gasteiger partial charge in [-0.2, -0.15) is 0 Å². The normalized spacial score (nSPS) is 39.5. The van der Waals surface area contributed by atoms with Gasteiger partial charge in [0.25, 0.3) is 0 Å². The molecule has 0 aromatic heterocycles. The van der Waals surface area contributed by atoms with Gasteiger partial charge in [-0.1, -0.05) is 13.8 Å². The van der Waals surface area contributed by atoms with Gasteiger partial charge >= 0.3 is 0 Å². The van der Waals surface area contributed by atoms with E-state index in [-0.39, 0.29) is 18.0 Å². The van der Waals surface area contributed by atoms with E-state index in [1.807, 2.05) is 0 Å². The first-order valence-corrected chi connectivity index (χ1v) is 10.1. The van der Waals surface area contributed by atoms with Crippen LogP contribution in [0.25, 0.3) is 0 Å². The van der Waals surface area contributed by atoms with E-state index in [2.05, 4.69) is 55.4 Å². The van der Waals surface area contributed by atoms with Crippen molar-refractivity contribution >= 4 is 0 Å². The minimum absolute atomic E-state index is 0.0238. The summed E-state index contributed by atoms with van der Waals surface area (Å²) in [7, 11) is 0. The highest BCUT2D eigenvalue weighted by Gasteiger charge is 2.42. The van der Waals surface area contributed by atoms with Crippen LogP contribution in [0.5, 0.6) is 0 Å². The SMILES string of the molecule is CC(OC(C)(C)C)C1CC1CC[C@@H](C)OC1O[C@@H](C)[C@H](C)C[C@H]1C. The van der Waals surface area contributed by atoms with Crippen molar-refractivity contribution in [3.63, 3.8) is 0 Å². The molecular formula is C21H40O3. The van der Waals surface area contributed by atoms with E-state index in [0.717, 1.165) is 18.3 Å². The quantitative estimate of drug-likeness (QED) is 0.619. The fourth-order valence-corrected chi connectivity index (χ4v) is 4.10. The van der Waals surface area contributed by atoms with Gasteiger partial charge in [0, 0.05) is 5.92 Å². The van der Waals surface area contributed by atoms with Crippen molar-refractivity contribution in [1.29, 1.82) is 0 Å². The lowest BCUT2D eigenvalue weighted by atomic mass is 9.90. The van der Waals surface area contributed by atoms with Crippen LogP contribution < -0.4 is 0 Å². The Balaban J connectivity index is 1.66. The zero-order valence-corrected chi connectivity index (χ0v) is 17.2. The zero-order chi connectivity index (χ0) is 18.1. The van der Waals surface area contributed by atoms with E-state index in [4.69, 9.17) is 14.2 Å². The molecule has 1 heterocycles. The Kier molecular flexibility index (Phi) is 6.78. The van der Waals surface area contributed by atoms with Crippen molar-refractivity contribution in [2.45, 2.75) is 111 Å². The first-order valence-electron chi connectivity index (χ1n) is 10.1. The molecule has 0 amide bonds. The van der Waals surface area contributed by atoms with Crippen LogP contribution in [0.2, 0.25) is 0 Å². The topological polar surface area (TPSA) is 27.7 Å². The molecule has 0 bridgehead atoms. The monoisotopic (exact) mass is 340 g/mol. The molecule has 0 N–H and O–H groups in total. The molecule has 1 saturated heterocycles.